The van der Waals surface area contributed by atoms with Gasteiger partial charge in [0, 0.05) is 35.6 Å². The highest BCUT2D eigenvalue weighted by Gasteiger charge is 2.60. The Kier molecular flexibility index (Phi) is 5.51. The lowest BCUT2D eigenvalue weighted by molar-refractivity contribution is -0.118. The standard InChI is InChI=1S/C34H24BrN5O3/c1-33(43)18-34(19-33,39-31(41)24-9-5-6-10-25(24)32(39)42)23-13-11-21(12-14-23)28-26(20-7-3-2-4-8-20)15-22-16-36-30-27(35)17-37-40(30)29(22)38-28/h2-17,43H,18-19H2,1H3. The number of nitrogens with zero attached hydrogens (tertiary/aromatic N) is 5. The fourth-order valence-corrected chi connectivity index (χ4v) is 7.14. The SMILES string of the molecule is CC1(O)CC(c2ccc(-c3nc4c(cnc5c(Br)cnn54)cc3-c3ccccc3)cc2)(N2C(=O)c3ccccc3C2=O)C1. The van der Waals surface area contributed by atoms with Crippen LogP contribution in [0.3, 0.4) is 0 Å². The number of carbonyl (C=O) groups excluding carboxylic acids is 2. The van der Waals surface area contributed by atoms with E-state index in [0.717, 1.165) is 37.8 Å². The highest BCUT2D eigenvalue weighted by atomic mass is 79.9. The third-order valence-electron chi connectivity index (χ3n) is 8.61. The average Bonchev–Trinajstić information content (AvgIpc) is 3.52. The molecular weight excluding hydrogens is 606 g/mol. The molecule has 1 fully saturated rings. The number of hydrogen-bond donors (Lipinski definition) is 1. The molecule has 4 heterocycles. The van der Waals surface area contributed by atoms with Gasteiger partial charge in [-0.15, -0.1) is 0 Å². The summed E-state index contributed by atoms with van der Waals surface area (Å²) in [5, 5.41) is 16.2. The molecule has 210 valence electrons. The predicted octanol–water partition coefficient (Wildman–Crippen LogP) is 6.41. The normalized spacial score (nSPS) is 21.4. The Hall–Kier alpha value is -4.73. The Labute approximate surface area is 254 Å². The molecule has 1 N–H and O–H groups in total. The highest BCUT2D eigenvalue weighted by molar-refractivity contribution is 9.10. The average molecular weight is 631 g/mol. The van der Waals surface area contributed by atoms with E-state index in [-0.39, 0.29) is 24.7 Å². The van der Waals surface area contributed by atoms with E-state index < -0.39 is 11.1 Å². The van der Waals surface area contributed by atoms with Crippen molar-refractivity contribution in [2.75, 3.05) is 0 Å². The predicted molar refractivity (Wildman–Crippen MR) is 165 cm³/mol. The first-order valence-electron chi connectivity index (χ1n) is 14.0. The summed E-state index contributed by atoms with van der Waals surface area (Å²) in [5.41, 5.74) is 4.57. The molecule has 0 saturated heterocycles. The van der Waals surface area contributed by atoms with Crippen LogP contribution in [0.1, 0.15) is 46.0 Å². The monoisotopic (exact) mass is 629 g/mol. The number of aliphatic hydroxyl groups is 1. The summed E-state index contributed by atoms with van der Waals surface area (Å²) in [6.07, 6.45) is 4.02. The van der Waals surface area contributed by atoms with Crippen molar-refractivity contribution >= 4 is 44.4 Å². The summed E-state index contributed by atoms with van der Waals surface area (Å²) >= 11 is 3.52. The zero-order valence-electron chi connectivity index (χ0n) is 23.0. The number of halogens is 1. The van der Waals surface area contributed by atoms with Crippen LogP contribution < -0.4 is 0 Å². The van der Waals surface area contributed by atoms with Gasteiger partial charge in [-0.25, -0.2) is 9.97 Å². The minimum absolute atomic E-state index is 0.257. The summed E-state index contributed by atoms with van der Waals surface area (Å²) in [5.74, 6) is -0.656. The van der Waals surface area contributed by atoms with Crippen LogP contribution >= 0.6 is 15.9 Å². The van der Waals surface area contributed by atoms with Crippen molar-refractivity contribution in [3.63, 3.8) is 0 Å². The molecule has 3 aromatic heterocycles. The van der Waals surface area contributed by atoms with Crippen molar-refractivity contribution < 1.29 is 14.7 Å². The first-order chi connectivity index (χ1) is 20.8. The molecule has 0 unspecified atom stereocenters. The van der Waals surface area contributed by atoms with Gasteiger partial charge in [0.05, 0.1) is 38.6 Å². The van der Waals surface area contributed by atoms with E-state index in [1.165, 1.54) is 4.90 Å². The van der Waals surface area contributed by atoms with Crippen LogP contribution in [0.15, 0.2) is 102 Å². The van der Waals surface area contributed by atoms with Gasteiger partial charge in [-0.05, 0) is 52.2 Å². The van der Waals surface area contributed by atoms with Gasteiger partial charge in [0.2, 0.25) is 0 Å². The fourth-order valence-electron chi connectivity index (χ4n) is 6.78. The van der Waals surface area contributed by atoms with Gasteiger partial charge in [0.1, 0.15) is 0 Å². The molecular formula is C34H24BrN5O3. The molecule has 43 heavy (non-hydrogen) atoms. The van der Waals surface area contributed by atoms with Crippen LogP contribution in [0.5, 0.6) is 0 Å². The van der Waals surface area contributed by atoms with E-state index in [1.54, 1.807) is 48.1 Å². The Morgan fingerprint density at radius 2 is 1.44 bits per heavy atom. The molecule has 1 saturated carbocycles. The van der Waals surface area contributed by atoms with E-state index in [9.17, 15) is 14.7 Å². The van der Waals surface area contributed by atoms with Gasteiger partial charge in [-0.2, -0.15) is 9.61 Å². The number of pyridine rings is 1. The second kappa shape index (κ2) is 9.13. The van der Waals surface area contributed by atoms with Gasteiger partial charge >= 0.3 is 0 Å². The summed E-state index contributed by atoms with van der Waals surface area (Å²) in [7, 11) is 0. The van der Waals surface area contributed by atoms with Crippen LogP contribution in [0.2, 0.25) is 0 Å². The van der Waals surface area contributed by atoms with Gasteiger partial charge < -0.3 is 5.11 Å². The Bertz CT molecular complexity index is 2080. The Morgan fingerprint density at radius 1 is 0.791 bits per heavy atom. The summed E-state index contributed by atoms with van der Waals surface area (Å²) in [6.45, 7) is 1.74. The second-order valence-electron chi connectivity index (χ2n) is 11.6. The molecule has 2 amide bonds. The van der Waals surface area contributed by atoms with E-state index in [0.29, 0.717) is 22.4 Å². The number of imide groups is 1. The molecule has 0 atom stereocenters. The zero-order chi connectivity index (χ0) is 29.5. The molecule has 3 aromatic carbocycles. The third-order valence-corrected chi connectivity index (χ3v) is 9.17. The number of amides is 2. The van der Waals surface area contributed by atoms with Crippen molar-refractivity contribution in [1.82, 2.24) is 24.5 Å². The maximum atomic E-state index is 13.6. The van der Waals surface area contributed by atoms with E-state index in [2.05, 4.69) is 32.1 Å². The first kappa shape index (κ1) is 25.9. The molecule has 8 rings (SSSR count). The molecule has 1 aliphatic carbocycles. The topological polar surface area (TPSA) is 101 Å². The molecule has 1 aliphatic heterocycles. The number of hydrogen-bond acceptors (Lipinski definition) is 6. The van der Waals surface area contributed by atoms with E-state index in [1.807, 2.05) is 54.6 Å². The Balaban J connectivity index is 1.27. The number of benzene rings is 3. The highest BCUT2D eigenvalue weighted by Crippen LogP contribution is 2.54. The van der Waals surface area contributed by atoms with Gasteiger partial charge in [0.15, 0.2) is 11.3 Å². The van der Waals surface area contributed by atoms with Crippen LogP contribution in [0, 0.1) is 0 Å². The number of carbonyl (C=O) groups is 2. The van der Waals surface area contributed by atoms with Crippen LogP contribution in [0.4, 0.5) is 0 Å². The molecule has 6 aromatic rings. The van der Waals surface area contributed by atoms with E-state index >= 15 is 0 Å². The van der Waals surface area contributed by atoms with Crippen molar-refractivity contribution in [3.05, 3.63) is 118 Å². The van der Waals surface area contributed by atoms with Crippen LogP contribution in [-0.4, -0.2) is 47.0 Å². The largest absolute Gasteiger partial charge is 0.390 e. The minimum atomic E-state index is -0.994. The third kappa shape index (κ3) is 3.81. The molecule has 8 nitrogen and oxygen atoms in total. The second-order valence-corrected chi connectivity index (χ2v) is 12.5. The summed E-state index contributed by atoms with van der Waals surface area (Å²) in [6, 6.07) is 26.9. The summed E-state index contributed by atoms with van der Waals surface area (Å²) in [4.78, 5) is 38.1. The maximum Gasteiger partial charge on any atom is 0.262 e. The molecule has 9 heteroatoms. The van der Waals surface area contributed by atoms with Crippen molar-refractivity contribution in [2.45, 2.75) is 30.9 Å². The lowest BCUT2D eigenvalue weighted by Crippen LogP contribution is -2.63. The number of rotatable bonds is 4. The number of aromatic nitrogens is 4. The lowest BCUT2D eigenvalue weighted by atomic mass is 9.61. The zero-order valence-corrected chi connectivity index (χ0v) is 24.6. The molecule has 0 radical (unpaired) electrons. The quantitative estimate of drug-likeness (QED) is 0.226. The van der Waals surface area contributed by atoms with Gasteiger partial charge in [-0.3, -0.25) is 14.5 Å². The van der Waals surface area contributed by atoms with Crippen molar-refractivity contribution in [2.24, 2.45) is 0 Å². The van der Waals surface area contributed by atoms with E-state index in [4.69, 9.17) is 4.98 Å². The molecule has 2 aliphatic rings. The first-order valence-corrected chi connectivity index (χ1v) is 14.7. The molecule has 0 bridgehead atoms. The molecule has 0 spiro atoms. The van der Waals surface area contributed by atoms with Crippen LogP contribution in [-0.2, 0) is 5.54 Å². The van der Waals surface area contributed by atoms with Crippen molar-refractivity contribution in [3.8, 4) is 22.4 Å². The Morgan fingerprint density at radius 3 is 2.09 bits per heavy atom. The van der Waals surface area contributed by atoms with Gasteiger partial charge in [-0.1, -0.05) is 66.7 Å². The number of fused-ring (bicyclic) bond motifs is 4. The fraction of sp³-hybridized carbons (Fsp3) is 0.147. The smallest absolute Gasteiger partial charge is 0.262 e. The lowest BCUT2D eigenvalue weighted by Gasteiger charge is -2.55. The summed E-state index contributed by atoms with van der Waals surface area (Å²) < 4.78 is 2.50. The van der Waals surface area contributed by atoms with Gasteiger partial charge in [0.25, 0.3) is 11.8 Å². The van der Waals surface area contributed by atoms with Crippen LogP contribution in [0.25, 0.3) is 39.1 Å². The maximum absolute atomic E-state index is 13.6. The minimum Gasteiger partial charge on any atom is -0.390 e. The van der Waals surface area contributed by atoms with Crippen molar-refractivity contribution in [1.29, 1.82) is 0 Å².